The van der Waals surface area contributed by atoms with Crippen LogP contribution in [0.1, 0.15) is 18.7 Å². The van der Waals surface area contributed by atoms with Gasteiger partial charge in [0.05, 0.1) is 0 Å². The van der Waals surface area contributed by atoms with E-state index in [1.807, 2.05) is 54.1 Å². The largest absolute Gasteiger partial charge is 0.356 e. The van der Waals surface area contributed by atoms with Crippen LogP contribution in [0.4, 0.5) is 11.5 Å². The summed E-state index contributed by atoms with van der Waals surface area (Å²) in [5.41, 5.74) is 0.877. The van der Waals surface area contributed by atoms with Crippen molar-refractivity contribution in [2.24, 2.45) is 5.92 Å². The minimum atomic E-state index is -0.00702. The molecule has 156 valence electrons. The molecule has 0 unspecified atom stereocenters. The average Bonchev–Trinajstić information content (AvgIpc) is 3.25. The molecule has 1 aliphatic heterocycles. The molecule has 1 N–H and O–H groups in total. The van der Waals surface area contributed by atoms with Crippen LogP contribution in [0.25, 0.3) is 16.6 Å². The van der Waals surface area contributed by atoms with Gasteiger partial charge in [-0.3, -0.25) is 9.36 Å². The van der Waals surface area contributed by atoms with Crippen molar-refractivity contribution in [2.75, 3.05) is 23.3 Å². The second-order valence-electron chi connectivity index (χ2n) is 7.86. The van der Waals surface area contributed by atoms with Crippen molar-refractivity contribution in [3.63, 3.8) is 0 Å². The van der Waals surface area contributed by atoms with Crippen molar-refractivity contribution < 1.29 is 4.79 Å². The third kappa shape index (κ3) is 3.86. The van der Waals surface area contributed by atoms with Gasteiger partial charge in [0.15, 0.2) is 0 Å². The summed E-state index contributed by atoms with van der Waals surface area (Å²) in [5.74, 6) is 2.65. The van der Waals surface area contributed by atoms with Crippen molar-refractivity contribution in [3.8, 4) is 5.82 Å². The first-order valence-corrected chi connectivity index (χ1v) is 10.5. The molecule has 2 aromatic heterocycles. The van der Waals surface area contributed by atoms with Crippen molar-refractivity contribution in [3.05, 3.63) is 73.1 Å². The zero-order valence-corrected chi connectivity index (χ0v) is 17.4. The summed E-state index contributed by atoms with van der Waals surface area (Å²) in [4.78, 5) is 28.2. The molecule has 7 nitrogen and oxygen atoms in total. The lowest BCUT2D eigenvalue weighted by Crippen LogP contribution is -2.38. The Morgan fingerprint density at radius 1 is 1.00 bits per heavy atom. The third-order valence-corrected chi connectivity index (χ3v) is 5.95. The van der Waals surface area contributed by atoms with E-state index in [-0.39, 0.29) is 11.8 Å². The number of piperidine rings is 1. The highest BCUT2D eigenvalue weighted by Crippen LogP contribution is 2.27. The Hall–Kier alpha value is -3.74. The number of benzene rings is 2. The Bertz CT molecular complexity index is 1220. The second kappa shape index (κ2) is 8.18. The minimum absolute atomic E-state index is 0.00702. The van der Waals surface area contributed by atoms with Crippen LogP contribution in [0.15, 0.2) is 67.3 Å². The Morgan fingerprint density at radius 3 is 2.58 bits per heavy atom. The van der Waals surface area contributed by atoms with Crippen LogP contribution >= 0.6 is 0 Å². The Kier molecular flexibility index (Phi) is 5.08. The average molecular weight is 412 g/mol. The molecule has 1 amide bonds. The number of anilines is 2. The fourth-order valence-electron chi connectivity index (χ4n) is 4.20. The van der Waals surface area contributed by atoms with E-state index in [1.165, 1.54) is 0 Å². The quantitative estimate of drug-likeness (QED) is 0.549. The van der Waals surface area contributed by atoms with Crippen LogP contribution in [0.2, 0.25) is 0 Å². The van der Waals surface area contributed by atoms with Crippen LogP contribution < -0.4 is 10.2 Å². The lowest BCUT2D eigenvalue weighted by molar-refractivity contribution is -0.120. The molecule has 1 aliphatic rings. The maximum absolute atomic E-state index is 12.9. The lowest BCUT2D eigenvalue weighted by atomic mass is 9.95. The van der Waals surface area contributed by atoms with E-state index in [4.69, 9.17) is 0 Å². The van der Waals surface area contributed by atoms with E-state index < -0.39 is 0 Å². The van der Waals surface area contributed by atoms with Gasteiger partial charge < -0.3 is 10.2 Å². The molecular weight excluding hydrogens is 388 g/mol. The maximum atomic E-state index is 12.9. The minimum Gasteiger partial charge on any atom is -0.356 e. The van der Waals surface area contributed by atoms with Gasteiger partial charge in [-0.05, 0) is 31.2 Å². The van der Waals surface area contributed by atoms with Crippen molar-refractivity contribution >= 4 is 28.2 Å². The molecule has 5 rings (SSSR count). The third-order valence-electron chi connectivity index (χ3n) is 5.95. The molecular formula is C24H24N6O. The zero-order valence-electron chi connectivity index (χ0n) is 17.4. The molecule has 0 aliphatic carbocycles. The van der Waals surface area contributed by atoms with Crippen molar-refractivity contribution in [2.45, 2.75) is 19.8 Å². The van der Waals surface area contributed by atoms with Crippen molar-refractivity contribution in [1.82, 2.24) is 19.5 Å². The predicted molar refractivity (Wildman–Crippen MR) is 121 cm³/mol. The van der Waals surface area contributed by atoms with Gasteiger partial charge in [-0.2, -0.15) is 0 Å². The molecule has 3 heterocycles. The first-order valence-electron chi connectivity index (χ1n) is 10.5. The lowest BCUT2D eigenvalue weighted by Gasteiger charge is -2.32. The van der Waals surface area contributed by atoms with Gasteiger partial charge in [-0.1, -0.05) is 36.4 Å². The van der Waals surface area contributed by atoms with Crippen LogP contribution in [0.5, 0.6) is 0 Å². The number of nitrogens with one attached hydrogen (secondary N) is 1. The fraction of sp³-hybridized carbons (Fsp3) is 0.250. The van der Waals surface area contributed by atoms with Gasteiger partial charge in [0, 0.05) is 48.5 Å². The smallest absolute Gasteiger partial charge is 0.227 e. The Morgan fingerprint density at radius 2 is 1.77 bits per heavy atom. The standard InChI is InChI=1S/C24H24N6O/c1-17-25-11-14-30(17)23-15-22(26-16-27-23)29-12-9-19(10-13-29)24(31)28-21-8-4-6-18-5-2-3-7-20(18)21/h2-8,11,14-16,19H,9-10,12-13H2,1H3,(H,28,31). The highest BCUT2D eigenvalue weighted by atomic mass is 16.1. The SMILES string of the molecule is Cc1nccn1-c1cc(N2CCC(C(=O)Nc3cccc4ccccc34)CC2)ncn1. The second-order valence-corrected chi connectivity index (χ2v) is 7.86. The first-order chi connectivity index (χ1) is 15.2. The Labute approximate surface area is 180 Å². The molecule has 1 saturated heterocycles. The summed E-state index contributed by atoms with van der Waals surface area (Å²) < 4.78 is 1.94. The number of aromatic nitrogens is 4. The van der Waals surface area contributed by atoms with Crippen molar-refractivity contribution in [1.29, 1.82) is 0 Å². The fourth-order valence-corrected chi connectivity index (χ4v) is 4.20. The van der Waals surface area contributed by atoms with Gasteiger partial charge in [0.25, 0.3) is 0 Å². The summed E-state index contributed by atoms with van der Waals surface area (Å²) in [6.45, 7) is 3.52. The summed E-state index contributed by atoms with van der Waals surface area (Å²) in [6, 6.07) is 16.1. The highest BCUT2D eigenvalue weighted by molar-refractivity contribution is 6.02. The molecule has 4 aromatic rings. The molecule has 0 atom stereocenters. The summed E-state index contributed by atoms with van der Waals surface area (Å²) in [6.07, 6.45) is 6.83. The number of fused-ring (bicyclic) bond motifs is 1. The van der Waals surface area contributed by atoms with E-state index in [1.54, 1.807) is 12.5 Å². The van der Waals surface area contributed by atoms with Gasteiger partial charge in [-0.25, -0.2) is 15.0 Å². The number of hydrogen-bond donors (Lipinski definition) is 1. The topological polar surface area (TPSA) is 75.9 Å². The molecule has 31 heavy (non-hydrogen) atoms. The summed E-state index contributed by atoms with van der Waals surface area (Å²) >= 11 is 0. The molecule has 0 bridgehead atoms. The first kappa shape index (κ1) is 19.2. The summed E-state index contributed by atoms with van der Waals surface area (Å²) in [7, 11) is 0. The molecule has 0 radical (unpaired) electrons. The highest BCUT2D eigenvalue weighted by Gasteiger charge is 2.26. The molecule has 0 saturated carbocycles. The molecule has 0 spiro atoms. The number of aryl methyl sites for hydroxylation is 1. The number of hydrogen-bond acceptors (Lipinski definition) is 5. The number of amides is 1. The van der Waals surface area contributed by atoms with E-state index in [9.17, 15) is 4.79 Å². The molecule has 2 aromatic carbocycles. The number of carbonyl (C=O) groups excluding carboxylic acids is 1. The van der Waals surface area contributed by atoms with Crippen LogP contribution in [0.3, 0.4) is 0 Å². The van der Waals surface area contributed by atoms with E-state index in [2.05, 4.69) is 37.3 Å². The van der Waals surface area contributed by atoms with Crippen LogP contribution in [-0.4, -0.2) is 38.5 Å². The zero-order chi connectivity index (χ0) is 21.2. The van der Waals surface area contributed by atoms with E-state index >= 15 is 0 Å². The number of rotatable bonds is 4. The van der Waals surface area contributed by atoms with Gasteiger partial charge >= 0.3 is 0 Å². The van der Waals surface area contributed by atoms with Crippen LogP contribution in [0, 0.1) is 12.8 Å². The van der Waals surface area contributed by atoms with Gasteiger partial charge in [-0.15, -0.1) is 0 Å². The number of imidazole rings is 1. The van der Waals surface area contributed by atoms with E-state index in [0.29, 0.717) is 0 Å². The van der Waals surface area contributed by atoms with Gasteiger partial charge in [0.2, 0.25) is 5.91 Å². The predicted octanol–water partition coefficient (Wildman–Crippen LogP) is 3.98. The molecule has 1 fully saturated rings. The monoisotopic (exact) mass is 412 g/mol. The van der Waals surface area contributed by atoms with E-state index in [0.717, 1.165) is 59.9 Å². The summed E-state index contributed by atoms with van der Waals surface area (Å²) in [5, 5.41) is 5.35. The maximum Gasteiger partial charge on any atom is 0.227 e. The van der Waals surface area contributed by atoms with Crippen LogP contribution in [-0.2, 0) is 4.79 Å². The van der Waals surface area contributed by atoms with Gasteiger partial charge in [0.1, 0.15) is 23.8 Å². The number of carbonyl (C=O) groups is 1. The Balaban J connectivity index is 1.25. The number of nitrogens with zero attached hydrogens (tertiary/aromatic N) is 5. The normalized spacial score (nSPS) is 14.7. The molecule has 7 heteroatoms.